The quantitative estimate of drug-likeness (QED) is 0.405. The summed E-state index contributed by atoms with van der Waals surface area (Å²) in [6.45, 7) is 5.31. The fourth-order valence-electron chi connectivity index (χ4n) is 3.30. The highest BCUT2D eigenvalue weighted by Crippen LogP contribution is 2.33. The number of nitrogens with one attached hydrogen (secondary N) is 2. The van der Waals surface area contributed by atoms with Gasteiger partial charge in [0, 0.05) is 16.6 Å². The molecule has 32 heavy (non-hydrogen) atoms. The smallest absolute Gasteiger partial charge is 0.223 e. The molecule has 0 saturated carbocycles. The van der Waals surface area contributed by atoms with E-state index in [4.69, 9.17) is 14.5 Å². The van der Waals surface area contributed by atoms with E-state index in [0.717, 1.165) is 11.1 Å². The highest BCUT2D eigenvalue weighted by atomic mass is 32.1. The number of benzene rings is 1. The monoisotopic (exact) mass is 449 g/mol. The number of anilines is 1. The second-order valence-corrected chi connectivity index (χ2v) is 8.29. The maximum absolute atomic E-state index is 13.5. The number of rotatable bonds is 6. The van der Waals surface area contributed by atoms with E-state index < -0.39 is 6.29 Å². The van der Waals surface area contributed by atoms with Crippen LogP contribution in [0.15, 0.2) is 66.2 Å². The minimum Gasteiger partial charge on any atom is -0.349 e. The van der Waals surface area contributed by atoms with Gasteiger partial charge in [-0.05, 0) is 47.4 Å². The topological polar surface area (TPSA) is 85.0 Å². The number of thiophene rings is 1. The van der Waals surface area contributed by atoms with Gasteiger partial charge < -0.3 is 19.8 Å². The van der Waals surface area contributed by atoms with Crippen molar-refractivity contribution in [3.8, 4) is 22.6 Å². The van der Waals surface area contributed by atoms with Crippen molar-refractivity contribution in [2.24, 2.45) is 0 Å². The maximum Gasteiger partial charge on any atom is 0.223 e. The number of halogens is 1. The van der Waals surface area contributed by atoms with Crippen molar-refractivity contribution in [3.05, 3.63) is 82.7 Å². The number of nitrogens with zero attached hydrogens (tertiary/aromatic N) is 3. The first-order chi connectivity index (χ1) is 15.7. The van der Waals surface area contributed by atoms with Gasteiger partial charge in [-0.25, -0.2) is 19.3 Å². The number of H-pyrrole nitrogens is 1. The molecule has 5 rings (SSSR count). The van der Waals surface area contributed by atoms with Crippen molar-refractivity contribution in [1.82, 2.24) is 19.9 Å². The first-order valence-corrected chi connectivity index (χ1v) is 10.9. The summed E-state index contributed by atoms with van der Waals surface area (Å²) in [6.07, 6.45) is 1.04. The van der Waals surface area contributed by atoms with E-state index >= 15 is 0 Å². The molecule has 1 aromatic carbocycles. The lowest BCUT2D eigenvalue weighted by molar-refractivity contribution is -0.165. The highest BCUT2D eigenvalue weighted by molar-refractivity contribution is 7.09. The van der Waals surface area contributed by atoms with Gasteiger partial charge in [-0.3, -0.25) is 0 Å². The van der Waals surface area contributed by atoms with Crippen molar-refractivity contribution < 1.29 is 13.9 Å². The molecule has 1 saturated heterocycles. The van der Waals surface area contributed by atoms with Crippen LogP contribution in [-0.4, -0.2) is 33.1 Å². The van der Waals surface area contributed by atoms with Crippen LogP contribution in [0.2, 0.25) is 0 Å². The third-order valence-corrected chi connectivity index (χ3v) is 5.73. The van der Waals surface area contributed by atoms with E-state index in [1.807, 2.05) is 17.5 Å². The van der Waals surface area contributed by atoms with Gasteiger partial charge in [0.25, 0.3) is 0 Å². The Morgan fingerprint density at radius 1 is 1.12 bits per heavy atom. The van der Waals surface area contributed by atoms with Gasteiger partial charge in [-0.2, -0.15) is 0 Å². The predicted molar refractivity (Wildman–Crippen MR) is 120 cm³/mol. The summed E-state index contributed by atoms with van der Waals surface area (Å²) in [6, 6.07) is 12.0. The van der Waals surface area contributed by atoms with E-state index in [2.05, 4.69) is 26.8 Å². The molecule has 1 aliphatic rings. The molecule has 0 atom stereocenters. The van der Waals surface area contributed by atoms with E-state index in [9.17, 15) is 4.39 Å². The van der Waals surface area contributed by atoms with Crippen molar-refractivity contribution in [1.29, 1.82) is 0 Å². The standard InChI is InChI=1S/C23H20FN5O2S/c1-14-12-30-22(31-13-14)21-28-19(15-4-6-16(24)7-5-15)20(29-21)18-8-9-25-23(27-18)26-11-17-3-2-10-32-17/h2-10,22H,1,11-13H2,(H,28,29)(H,25,26,27). The van der Waals surface area contributed by atoms with Crippen LogP contribution in [0.3, 0.4) is 0 Å². The largest absolute Gasteiger partial charge is 0.349 e. The molecule has 0 radical (unpaired) electrons. The molecule has 9 heteroatoms. The number of hydrogen-bond acceptors (Lipinski definition) is 7. The lowest BCUT2D eigenvalue weighted by Crippen LogP contribution is -2.20. The molecular weight excluding hydrogens is 429 g/mol. The van der Waals surface area contributed by atoms with Gasteiger partial charge in [0.2, 0.25) is 12.2 Å². The van der Waals surface area contributed by atoms with Gasteiger partial charge in [0.05, 0.1) is 36.8 Å². The zero-order valence-corrected chi connectivity index (χ0v) is 17.9. The third-order valence-electron chi connectivity index (χ3n) is 4.85. The fourth-order valence-corrected chi connectivity index (χ4v) is 3.95. The van der Waals surface area contributed by atoms with Crippen molar-refractivity contribution in [3.63, 3.8) is 0 Å². The van der Waals surface area contributed by atoms with E-state index in [1.54, 1.807) is 35.7 Å². The maximum atomic E-state index is 13.5. The zero-order valence-electron chi connectivity index (χ0n) is 17.0. The Morgan fingerprint density at radius 3 is 2.69 bits per heavy atom. The van der Waals surface area contributed by atoms with Crippen molar-refractivity contribution in [2.45, 2.75) is 12.8 Å². The molecular formula is C23H20FN5O2S. The van der Waals surface area contributed by atoms with Crippen LogP contribution in [0, 0.1) is 5.82 Å². The minimum absolute atomic E-state index is 0.314. The normalized spacial score (nSPS) is 14.6. The Balaban J connectivity index is 1.49. The Labute approximate surface area is 188 Å². The van der Waals surface area contributed by atoms with Crippen LogP contribution in [0.25, 0.3) is 22.6 Å². The summed E-state index contributed by atoms with van der Waals surface area (Å²) in [5.41, 5.74) is 3.55. The first-order valence-electron chi connectivity index (χ1n) is 10.0. The van der Waals surface area contributed by atoms with Crippen LogP contribution < -0.4 is 5.32 Å². The molecule has 162 valence electrons. The zero-order chi connectivity index (χ0) is 21.9. The lowest BCUT2D eigenvalue weighted by Gasteiger charge is -2.22. The van der Waals surface area contributed by atoms with Gasteiger partial charge in [-0.15, -0.1) is 11.3 Å². The second kappa shape index (κ2) is 8.99. The van der Waals surface area contributed by atoms with Gasteiger partial charge in [0.15, 0.2) is 5.82 Å². The molecule has 1 aliphatic heterocycles. The third kappa shape index (κ3) is 4.45. The summed E-state index contributed by atoms with van der Waals surface area (Å²) in [5, 5.41) is 5.27. The average Bonchev–Trinajstić information content (AvgIpc) is 3.49. The van der Waals surface area contributed by atoms with Crippen LogP contribution >= 0.6 is 11.3 Å². The number of aromatic nitrogens is 4. The highest BCUT2D eigenvalue weighted by Gasteiger charge is 2.25. The molecule has 1 fully saturated rings. The molecule has 0 spiro atoms. The van der Waals surface area contributed by atoms with Crippen LogP contribution in [-0.2, 0) is 16.0 Å². The average molecular weight is 450 g/mol. The van der Waals surface area contributed by atoms with Gasteiger partial charge in [0.1, 0.15) is 5.82 Å². The molecule has 3 aromatic heterocycles. The Kier molecular flexibility index (Phi) is 5.76. The number of hydrogen-bond donors (Lipinski definition) is 2. The Bertz CT molecular complexity index is 1210. The molecule has 0 unspecified atom stereocenters. The van der Waals surface area contributed by atoms with Crippen molar-refractivity contribution in [2.75, 3.05) is 18.5 Å². The molecule has 0 amide bonds. The second-order valence-electron chi connectivity index (χ2n) is 7.25. The predicted octanol–water partition coefficient (Wildman–Crippen LogP) is 4.95. The summed E-state index contributed by atoms with van der Waals surface area (Å²) in [7, 11) is 0. The Morgan fingerprint density at radius 2 is 1.94 bits per heavy atom. The summed E-state index contributed by atoms with van der Waals surface area (Å²) in [5.74, 6) is 0.697. The van der Waals surface area contributed by atoms with Crippen LogP contribution in [0.5, 0.6) is 0 Å². The first kappa shape index (κ1) is 20.5. The summed E-state index contributed by atoms with van der Waals surface area (Å²) < 4.78 is 24.9. The fraction of sp³-hybridized carbons (Fsp3) is 0.174. The summed E-state index contributed by atoms with van der Waals surface area (Å²) in [4.78, 5) is 18.2. The Hall–Kier alpha value is -3.40. The van der Waals surface area contributed by atoms with Crippen LogP contribution in [0.1, 0.15) is 17.0 Å². The van der Waals surface area contributed by atoms with Gasteiger partial charge >= 0.3 is 0 Å². The molecule has 0 aliphatic carbocycles. The number of imidazole rings is 1. The minimum atomic E-state index is -0.647. The number of aromatic amines is 1. The van der Waals surface area contributed by atoms with E-state index in [0.29, 0.717) is 48.6 Å². The van der Waals surface area contributed by atoms with E-state index in [1.165, 1.54) is 17.0 Å². The van der Waals surface area contributed by atoms with Crippen molar-refractivity contribution >= 4 is 17.3 Å². The molecule has 4 aromatic rings. The molecule has 7 nitrogen and oxygen atoms in total. The van der Waals surface area contributed by atoms with E-state index in [-0.39, 0.29) is 5.82 Å². The van der Waals surface area contributed by atoms with Gasteiger partial charge in [-0.1, -0.05) is 12.6 Å². The summed E-state index contributed by atoms with van der Waals surface area (Å²) >= 11 is 1.66. The lowest BCUT2D eigenvalue weighted by atomic mass is 10.1. The number of ether oxygens (including phenoxy) is 2. The molecule has 4 heterocycles. The van der Waals surface area contributed by atoms with Crippen LogP contribution in [0.4, 0.5) is 10.3 Å². The SMILES string of the molecule is C=C1COC(c2nc(-c3ccc(F)cc3)c(-c3ccnc(NCc4cccs4)n3)[nH]2)OC1. The molecule has 0 bridgehead atoms. The molecule has 2 N–H and O–H groups in total.